The molecule has 2 aromatic rings. The molecule has 2 aromatic carbocycles. The molecular weight excluding hydrogens is 529 g/mol. The molecule has 2 atom stereocenters. The SMILES string of the molecule is CCNC(=NCc1cccc(NC(C)=O)c1)N1CC2OCCN(Cc3ccccc3)C2C1.I. The molecule has 4 rings (SSSR count). The van der Waals surface area contributed by atoms with Crippen LogP contribution in [0, 0.1) is 0 Å². The number of ether oxygens (including phenoxy) is 1. The van der Waals surface area contributed by atoms with Crippen molar-refractivity contribution in [2.45, 2.75) is 39.1 Å². The van der Waals surface area contributed by atoms with Crippen LogP contribution in [0.15, 0.2) is 59.6 Å². The molecule has 2 unspecified atom stereocenters. The number of nitrogens with zero attached hydrogens (tertiary/aromatic N) is 3. The average Bonchev–Trinajstić information content (AvgIpc) is 3.22. The summed E-state index contributed by atoms with van der Waals surface area (Å²) in [4.78, 5) is 21.1. The van der Waals surface area contributed by atoms with Crippen LogP contribution >= 0.6 is 24.0 Å². The van der Waals surface area contributed by atoms with Crippen molar-refractivity contribution in [1.29, 1.82) is 0 Å². The molecule has 33 heavy (non-hydrogen) atoms. The summed E-state index contributed by atoms with van der Waals surface area (Å²) in [6.07, 6.45) is 0.194. The zero-order chi connectivity index (χ0) is 22.3. The number of amides is 1. The number of anilines is 1. The zero-order valence-electron chi connectivity index (χ0n) is 19.4. The van der Waals surface area contributed by atoms with Crippen LogP contribution in [0.2, 0.25) is 0 Å². The fraction of sp³-hybridized carbons (Fsp3) is 0.440. The first-order chi connectivity index (χ1) is 15.6. The van der Waals surface area contributed by atoms with Crippen molar-refractivity contribution in [3.63, 3.8) is 0 Å². The minimum Gasteiger partial charge on any atom is -0.373 e. The van der Waals surface area contributed by atoms with Crippen molar-refractivity contribution in [2.24, 2.45) is 4.99 Å². The van der Waals surface area contributed by atoms with Gasteiger partial charge in [0.25, 0.3) is 0 Å². The zero-order valence-corrected chi connectivity index (χ0v) is 21.7. The lowest BCUT2D eigenvalue weighted by Gasteiger charge is -2.36. The lowest BCUT2D eigenvalue weighted by molar-refractivity contribution is -0.114. The number of halogens is 1. The average molecular weight is 563 g/mol. The van der Waals surface area contributed by atoms with Gasteiger partial charge in [-0.2, -0.15) is 0 Å². The molecule has 2 aliphatic heterocycles. The Morgan fingerprint density at radius 1 is 1.12 bits per heavy atom. The minimum atomic E-state index is -0.0706. The van der Waals surface area contributed by atoms with Crippen molar-refractivity contribution in [1.82, 2.24) is 15.1 Å². The second-order valence-corrected chi connectivity index (χ2v) is 8.39. The van der Waals surface area contributed by atoms with Crippen LogP contribution in [0.3, 0.4) is 0 Å². The number of carbonyl (C=O) groups excluding carboxylic acids is 1. The summed E-state index contributed by atoms with van der Waals surface area (Å²) in [6.45, 7) is 9.38. The predicted molar refractivity (Wildman–Crippen MR) is 143 cm³/mol. The van der Waals surface area contributed by atoms with Crippen LogP contribution < -0.4 is 10.6 Å². The number of carbonyl (C=O) groups is 1. The number of hydrogen-bond donors (Lipinski definition) is 2. The molecule has 7 nitrogen and oxygen atoms in total. The van der Waals surface area contributed by atoms with E-state index in [2.05, 4.69) is 57.7 Å². The third-order valence-electron chi connectivity index (χ3n) is 5.94. The Labute approximate surface area is 213 Å². The van der Waals surface area contributed by atoms with Gasteiger partial charge in [-0.3, -0.25) is 9.69 Å². The highest BCUT2D eigenvalue weighted by molar-refractivity contribution is 14.0. The molecule has 0 bridgehead atoms. The molecule has 1 amide bonds. The third-order valence-corrected chi connectivity index (χ3v) is 5.94. The van der Waals surface area contributed by atoms with Gasteiger partial charge in [0.15, 0.2) is 5.96 Å². The van der Waals surface area contributed by atoms with Crippen LogP contribution in [0.1, 0.15) is 25.0 Å². The largest absolute Gasteiger partial charge is 0.373 e. The molecule has 8 heteroatoms. The molecule has 178 valence electrons. The highest BCUT2D eigenvalue weighted by atomic mass is 127. The number of nitrogens with one attached hydrogen (secondary N) is 2. The van der Waals surface area contributed by atoms with E-state index in [4.69, 9.17) is 9.73 Å². The predicted octanol–water partition coefficient (Wildman–Crippen LogP) is 3.31. The Kier molecular flexibility index (Phi) is 9.52. The lowest BCUT2D eigenvalue weighted by Crippen LogP contribution is -2.50. The number of morpholine rings is 1. The Bertz CT molecular complexity index is 939. The van der Waals surface area contributed by atoms with Crippen molar-refractivity contribution < 1.29 is 9.53 Å². The number of benzene rings is 2. The Morgan fingerprint density at radius 3 is 2.67 bits per heavy atom. The molecule has 2 N–H and O–H groups in total. The number of hydrogen-bond acceptors (Lipinski definition) is 4. The topological polar surface area (TPSA) is 69.2 Å². The van der Waals surface area contributed by atoms with E-state index >= 15 is 0 Å². The monoisotopic (exact) mass is 563 g/mol. The maximum absolute atomic E-state index is 11.3. The molecule has 2 heterocycles. The van der Waals surface area contributed by atoms with E-state index < -0.39 is 0 Å². The fourth-order valence-electron chi connectivity index (χ4n) is 4.49. The summed E-state index contributed by atoms with van der Waals surface area (Å²) in [6, 6.07) is 18.9. The molecular formula is C25H34IN5O2. The molecule has 0 aliphatic carbocycles. The van der Waals surface area contributed by atoms with Crippen molar-refractivity contribution in [2.75, 3.05) is 38.1 Å². The molecule has 0 spiro atoms. The minimum absolute atomic E-state index is 0. The highest BCUT2D eigenvalue weighted by Gasteiger charge is 2.41. The Morgan fingerprint density at radius 2 is 1.91 bits per heavy atom. The van der Waals surface area contributed by atoms with Crippen LogP contribution in [0.25, 0.3) is 0 Å². The van der Waals surface area contributed by atoms with Gasteiger partial charge in [0, 0.05) is 45.3 Å². The summed E-state index contributed by atoms with van der Waals surface area (Å²) < 4.78 is 6.14. The quantitative estimate of drug-likeness (QED) is 0.321. The van der Waals surface area contributed by atoms with Crippen molar-refractivity contribution in [3.05, 3.63) is 65.7 Å². The van der Waals surface area contributed by atoms with E-state index in [0.717, 1.165) is 56.5 Å². The van der Waals surface area contributed by atoms with Crippen LogP contribution in [-0.4, -0.2) is 66.6 Å². The first-order valence-electron chi connectivity index (χ1n) is 11.4. The summed E-state index contributed by atoms with van der Waals surface area (Å²) in [5.74, 6) is 0.841. The number of likely N-dealkylation sites (tertiary alicyclic amines) is 1. The summed E-state index contributed by atoms with van der Waals surface area (Å²) in [5.41, 5.74) is 3.20. The van der Waals surface area contributed by atoms with Crippen molar-refractivity contribution >= 4 is 41.5 Å². The summed E-state index contributed by atoms with van der Waals surface area (Å²) in [7, 11) is 0. The van der Waals surface area contributed by atoms with Gasteiger partial charge in [-0.15, -0.1) is 24.0 Å². The van der Waals surface area contributed by atoms with Gasteiger partial charge in [0.05, 0.1) is 25.3 Å². The molecule has 2 saturated heterocycles. The fourth-order valence-corrected chi connectivity index (χ4v) is 4.49. The number of guanidine groups is 1. The third kappa shape index (κ3) is 6.91. The molecule has 0 radical (unpaired) electrons. The van der Waals surface area contributed by atoms with E-state index in [9.17, 15) is 4.79 Å². The van der Waals surface area contributed by atoms with Gasteiger partial charge in [-0.1, -0.05) is 42.5 Å². The second-order valence-electron chi connectivity index (χ2n) is 8.39. The van der Waals surface area contributed by atoms with E-state index in [-0.39, 0.29) is 36.0 Å². The van der Waals surface area contributed by atoms with Gasteiger partial charge in [-0.05, 0) is 30.2 Å². The van der Waals surface area contributed by atoms with Gasteiger partial charge in [-0.25, -0.2) is 4.99 Å². The van der Waals surface area contributed by atoms with Gasteiger partial charge < -0.3 is 20.3 Å². The number of aliphatic imine (C=N–C) groups is 1. The van der Waals surface area contributed by atoms with Gasteiger partial charge in [0.2, 0.25) is 5.91 Å². The lowest BCUT2D eigenvalue weighted by atomic mass is 10.1. The van der Waals surface area contributed by atoms with Gasteiger partial charge in [0.1, 0.15) is 0 Å². The Hall–Kier alpha value is -2.17. The van der Waals surface area contributed by atoms with E-state index in [1.54, 1.807) is 0 Å². The molecule has 0 aromatic heterocycles. The Balaban J connectivity index is 0.00000306. The van der Waals surface area contributed by atoms with Crippen LogP contribution in [0.4, 0.5) is 5.69 Å². The first-order valence-corrected chi connectivity index (χ1v) is 11.4. The highest BCUT2D eigenvalue weighted by Crippen LogP contribution is 2.25. The van der Waals surface area contributed by atoms with E-state index in [0.29, 0.717) is 12.6 Å². The molecule has 2 aliphatic rings. The van der Waals surface area contributed by atoms with Crippen LogP contribution in [-0.2, 0) is 22.6 Å². The van der Waals surface area contributed by atoms with E-state index in [1.165, 1.54) is 12.5 Å². The van der Waals surface area contributed by atoms with E-state index in [1.807, 2.05) is 24.3 Å². The number of rotatable bonds is 6. The number of fused-ring (bicyclic) bond motifs is 1. The second kappa shape index (κ2) is 12.3. The maximum Gasteiger partial charge on any atom is 0.221 e. The molecule has 0 saturated carbocycles. The standard InChI is InChI=1S/C25H33N5O2.HI/c1-3-26-25(27-15-21-10-7-11-22(14-21)28-19(2)31)30-17-23-24(18-30)32-13-12-29(23)16-20-8-5-4-6-9-20;/h4-11,14,23-24H,3,12-13,15-18H2,1-2H3,(H,26,27)(H,28,31);1H. The summed E-state index contributed by atoms with van der Waals surface area (Å²) >= 11 is 0. The maximum atomic E-state index is 11.3. The first kappa shape index (κ1) is 25.5. The summed E-state index contributed by atoms with van der Waals surface area (Å²) in [5, 5.41) is 6.28. The molecule has 2 fully saturated rings. The van der Waals surface area contributed by atoms with Crippen molar-refractivity contribution in [3.8, 4) is 0 Å². The van der Waals surface area contributed by atoms with Gasteiger partial charge >= 0.3 is 0 Å². The smallest absolute Gasteiger partial charge is 0.221 e. The van der Waals surface area contributed by atoms with Crippen LogP contribution in [0.5, 0.6) is 0 Å². The normalized spacial score (nSPS) is 20.7.